The smallest absolute Gasteiger partial charge is 0.251 e. The summed E-state index contributed by atoms with van der Waals surface area (Å²) in [6.07, 6.45) is -0.383. The predicted octanol–water partition coefficient (Wildman–Crippen LogP) is 0.0386. The molecule has 0 radical (unpaired) electrons. The maximum absolute atomic E-state index is 12.3. The van der Waals surface area contributed by atoms with Crippen LogP contribution in [0.3, 0.4) is 0 Å². The van der Waals surface area contributed by atoms with Gasteiger partial charge in [-0.1, -0.05) is 6.07 Å². The molecular formula is C16H22N2O5. The summed E-state index contributed by atoms with van der Waals surface area (Å²) in [4.78, 5) is 25.6. The highest BCUT2D eigenvalue weighted by Crippen LogP contribution is 2.20. The van der Waals surface area contributed by atoms with Crippen molar-refractivity contribution in [1.82, 2.24) is 10.2 Å². The fourth-order valence-corrected chi connectivity index (χ4v) is 2.66. The molecule has 1 fully saturated rings. The number of hydrogen-bond acceptors (Lipinski definition) is 5. The van der Waals surface area contributed by atoms with Gasteiger partial charge in [0.25, 0.3) is 5.91 Å². The van der Waals surface area contributed by atoms with Crippen LogP contribution in [0.2, 0.25) is 0 Å². The standard InChI is InChI=1S/C16H22N2O5/c1-10-11(4-3-5-13(10)19)16(22)17-12-6-7-18(8-14(12)20)15(21)9-23-2/h3-5,12,14,19-20H,6-9H2,1-2H3,(H,17,22)/t12-,14-/m1/s1. The zero-order valence-corrected chi connectivity index (χ0v) is 13.3. The lowest BCUT2D eigenvalue weighted by atomic mass is 10.00. The van der Waals surface area contributed by atoms with E-state index >= 15 is 0 Å². The minimum Gasteiger partial charge on any atom is -0.508 e. The van der Waals surface area contributed by atoms with Gasteiger partial charge in [0.2, 0.25) is 5.91 Å². The van der Waals surface area contributed by atoms with Gasteiger partial charge in [-0.3, -0.25) is 9.59 Å². The highest BCUT2D eigenvalue weighted by atomic mass is 16.5. The summed E-state index contributed by atoms with van der Waals surface area (Å²) in [6.45, 7) is 2.24. The molecule has 0 aromatic heterocycles. The molecule has 23 heavy (non-hydrogen) atoms. The second kappa shape index (κ2) is 7.43. The first-order chi connectivity index (χ1) is 10.9. The van der Waals surface area contributed by atoms with Crippen LogP contribution in [0.4, 0.5) is 0 Å². The number of amides is 2. The number of nitrogens with zero attached hydrogens (tertiary/aromatic N) is 1. The maximum atomic E-state index is 12.3. The topological polar surface area (TPSA) is 99.1 Å². The lowest BCUT2D eigenvalue weighted by Gasteiger charge is -2.36. The molecule has 0 aliphatic carbocycles. The van der Waals surface area contributed by atoms with Crippen molar-refractivity contribution in [2.24, 2.45) is 0 Å². The van der Waals surface area contributed by atoms with E-state index in [2.05, 4.69) is 5.32 Å². The molecule has 1 aliphatic rings. The van der Waals surface area contributed by atoms with Crippen molar-refractivity contribution in [3.8, 4) is 5.75 Å². The zero-order valence-electron chi connectivity index (χ0n) is 13.3. The number of methoxy groups -OCH3 is 1. The third kappa shape index (κ3) is 4.00. The third-order valence-electron chi connectivity index (χ3n) is 4.07. The molecule has 1 saturated heterocycles. The van der Waals surface area contributed by atoms with Gasteiger partial charge in [-0.15, -0.1) is 0 Å². The summed E-state index contributed by atoms with van der Waals surface area (Å²) in [5.41, 5.74) is 0.863. The number of aliphatic hydroxyl groups excluding tert-OH is 1. The van der Waals surface area contributed by atoms with Gasteiger partial charge in [0.05, 0.1) is 12.1 Å². The molecule has 1 aromatic carbocycles. The number of carbonyl (C=O) groups is 2. The van der Waals surface area contributed by atoms with E-state index in [0.717, 1.165) is 0 Å². The van der Waals surface area contributed by atoms with Crippen molar-refractivity contribution in [3.05, 3.63) is 29.3 Å². The van der Waals surface area contributed by atoms with Crippen LogP contribution >= 0.6 is 0 Å². The molecule has 1 aromatic rings. The van der Waals surface area contributed by atoms with Crippen LogP contribution in [0.1, 0.15) is 22.3 Å². The first-order valence-corrected chi connectivity index (χ1v) is 7.48. The monoisotopic (exact) mass is 322 g/mol. The third-order valence-corrected chi connectivity index (χ3v) is 4.07. The fourth-order valence-electron chi connectivity index (χ4n) is 2.66. The van der Waals surface area contributed by atoms with Gasteiger partial charge < -0.3 is 25.2 Å². The summed E-state index contributed by atoms with van der Waals surface area (Å²) in [6, 6.07) is 4.30. The van der Waals surface area contributed by atoms with E-state index in [1.165, 1.54) is 18.1 Å². The van der Waals surface area contributed by atoms with Gasteiger partial charge in [-0.05, 0) is 25.5 Å². The molecule has 2 amide bonds. The number of benzene rings is 1. The molecule has 0 unspecified atom stereocenters. The highest BCUT2D eigenvalue weighted by molar-refractivity contribution is 5.96. The van der Waals surface area contributed by atoms with Gasteiger partial charge in [-0.2, -0.15) is 0 Å². The molecule has 2 atom stereocenters. The largest absolute Gasteiger partial charge is 0.508 e. The average Bonchev–Trinajstić information content (AvgIpc) is 2.52. The zero-order chi connectivity index (χ0) is 17.0. The molecular weight excluding hydrogens is 300 g/mol. The first kappa shape index (κ1) is 17.2. The number of ether oxygens (including phenoxy) is 1. The number of aliphatic hydroxyl groups is 1. The van der Waals surface area contributed by atoms with Crippen molar-refractivity contribution >= 4 is 11.8 Å². The number of piperidine rings is 1. The number of likely N-dealkylation sites (tertiary alicyclic amines) is 1. The second-order valence-corrected chi connectivity index (χ2v) is 5.66. The Labute approximate surface area is 134 Å². The summed E-state index contributed by atoms with van der Waals surface area (Å²) in [5.74, 6) is -0.475. The van der Waals surface area contributed by atoms with Gasteiger partial charge >= 0.3 is 0 Å². The number of β-amino-alcohol motifs (C(OH)–C–C–N with tert-alkyl or cyclic N) is 1. The van der Waals surface area contributed by atoms with Crippen LogP contribution in [0, 0.1) is 6.92 Å². The summed E-state index contributed by atoms with van der Waals surface area (Å²) in [7, 11) is 1.44. The van der Waals surface area contributed by atoms with Crippen LogP contribution in [-0.4, -0.2) is 65.9 Å². The van der Waals surface area contributed by atoms with Crippen LogP contribution in [0.25, 0.3) is 0 Å². The average molecular weight is 322 g/mol. The Morgan fingerprint density at radius 1 is 1.43 bits per heavy atom. The Morgan fingerprint density at radius 2 is 2.17 bits per heavy atom. The molecule has 0 bridgehead atoms. The molecule has 3 N–H and O–H groups in total. The van der Waals surface area contributed by atoms with Crippen LogP contribution in [-0.2, 0) is 9.53 Å². The lowest BCUT2D eigenvalue weighted by Crippen LogP contribution is -2.55. The molecule has 2 rings (SSSR count). The highest BCUT2D eigenvalue weighted by Gasteiger charge is 2.31. The number of phenols is 1. The van der Waals surface area contributed by atoms with Crippen molar-refractivity contribution in [2.45, 2.75) is 25.5 Å². The molecule has 1 aliphatic heterocycles. The van der Waals surface area contributed by atoms with E-state index in [9.17, 15) is 19.8 Å². The van der Waals surface area contributed by atoms with E-state index in [0.29, 0.717) is 24.1 Å². The summed E-state index contributed by atoms with van der Waals surface area (Å²) in [5, 5.41) is 22.6. The van der Waals surface area contributed by atoms with E-state index in [4.69, 9.17) is 4.74 Å². The normalized spacial score (nSPS) is 21.1. The van der Waals surface area contributed by atoms with E-state index < -0.39 is 12.1 Å². The first-order valence-electron chi connectivity index (χ1n) is 7.48. The lowest BCUT2D eigenvalue weighted by molar-refractivity contribution is -0.138. The SMILES string of the molecule is COCC(=O)N1CC[C@@H](NC(=O)c2cccc(O)c2C)[C@H](O)C1. The Bertz CT molecular complexity index is 590. The van der Waals surface area contributed by atoms with Crippen LogP contribution in [0.5, 0.6) is 5.75 Å². The van der Waals surface area contributed by atoms with Gasteiger partial charge in [0, 0.05) is 31.3 Å². The minimum absolute atomic E-state index is 0.0216. The number of aromatic hydroxyl groups is 1. The van der Waals surface area contributed by atoms with E-state index in [1.54, 1.807) is 19.1 Å². The molecule has 0 spiro atoms. The number of hydrogen-bond donors (Lipinski definition) is 3. The summed E-state index contributed by atoms with van der Waals surface area (Å²) >= 11 is 0. The maximum Gasteiger partial charge on any atom is 0.251 e. The Morgan fingerprint density at radius 3 is 2.83 bits per heavy atom. The number of phenolic OH excluding ortho intramolecular Hbond substituents is 1. The van der Waals surface area contributed by atoms with Gasteiger partial charge in [0.1, 0.15) is 12.4 Å². The fraction of sp³-hybridized carbons (Fsp3) is 0.500. The number of rotatable bonds is 4. The van der Waals surface area contributed by atoms with Gasteiger partial charge in [0.15, 0.2) is 0 Å². The van der Waals surface area contributed by atoms with Crippen LogP contribution in [0.15, 0.2) is 18.2 Å². The predicted molar refractivity (Wildman–Crippen MR) is 83.2 cm³/mol. The Balaban J connectivity index is 1.98. The van der Waals surface area contributed by atoms with Crippen molar-refractivity contribution < 1.29 is 24.5 Å². The molecule has 1 heterocycles. The number of nitrogens with one attached hydrogen (secondary N) is 1. The molecule has 0 saturated carbocycles. The Kier molecular flexibility index (Phi) is 5.57. The van der Waals surface area contributed by atoms with E-state index in [1.807, 2.05) is 0 Å². The molecule has 7 nitrogen and oxygen atoms in total. The Hall–Kier alpha value is -2.12. The molecule has 7 heteroatoms. The van der Waals surface area contributed by atoms with Crippen molar-refractivity contribution in [2.75, 3.05) is 26.8 Å². The molecule has 126 valence electrons. The second-order valence-electron chi connectivity index (χ2n) is 5.66. The van der Waals surface area contributed by atoms with Crippen LogP contribution < -0.4 is 5.32 Å². The quantitative estimate of drug-likeness (QED) is 0.727. The summed E-state index contributed by atoms with van der Waals surface area (Å²) < 4.78 is 4.80. The van der Waals surface area contributed by atoms with Crippen molar-refractivity contribution in [3.63, 3.8) is 0 Å². The minimum atomic E-state index is -0.842. The number of carbonyl (C=O) groups excluding carboxylic acids is 2. The van der Waals surface area contributed by atoms with Gasteiger partial charge in [-0.25, -0.2) is 0 Å². The van der Waals surface area contributed by atoms with E-state index in [-0.39, 0.29) is 30.7 Å². The van der Waals surface area contributed by atoms with Crippen molar-refractivity contribution in [1.29, 1.82) is 0 Å².